The van der Waals surface area contributed by atoms with Gasteiger partial charge in [0.25, 0.3) is 5.91 Å². The molecule has 0 radical (unpaired) electrons. The Morgan fingerprint density at radius 2 is 2.10 bits per heavy atom. The fourth-order valence-corrected chi connectivity index (χ4v) is 2.35. The van der Waals surface area contributed by atoms with E-state index < -0.39 is 6.10 Å². The van der Waals surface area contributed by atoms with Gasteiger partial charge in [0.15, 0.2) is 0 Å². The Kier molecular flexibility index (Phi) is 5.33. The maximum Gasteiger partial charge on any atom is 0.252 e. The van der Waals surface area contributed by atoms with Crippen LogP contribution >= 0.6 is 0 Å². The standard InChI is InChI=1S/C16H22N2O3/c1-3-8-18-9-10-21-14(16(18)20)11-15(19)17-13-6-4-12(2)5-7-13/h4-7,14H,3,8-11H2,1-2H3,(H,17,19). The van der Waals surface area contributed by atoms with Crippen molar-refractivity contribution in [1.82, 2.24) is 4.90 Å². The molecule has 1 atom stereocenters. The van der Waals surface area contributed by atoms with Crippen LogP contribution in [0.25, 0.3) is 0 Å². The van der Waals surface area contributed by atoms with E-state index in [0.29, 0.717) is 13.2 Å². The minimum atomic E-state index is -0.657. The number of rotatable bonds is 5. The number of anilines is 1. The molecular weight excluding hydrogens is 268 g/mol. The number of aryl methyl sites for hydroxylation is 1. The van der Waals surface area contributed by atoms with E-state index in [1.165, 1.54) is 0 Å². The van der Waals surface area contributed by atoms with Gasteiger partial charge in [0, 0.05) is 18.8 Å². The third-order valence-electron chi connectivity index (χ3n) is 3.47. The van der Waals surface area contributed by atoms with Gasteiger partial charge < -0.3 is 15.0 Å². The molecule has 0 aromatic heterocycles. The Labute approximate surface area is 125 Å². The Morgan fingerprint density at radius 3 is 2.76 bits per heavy atom. The normalized spacial score (nSPS) is 18.7. The van der Waals surface area contributed by atoms with Crippen molar-refractivity contribution < 1.29 is 14.3 Å². The van der Waals surface area contributed by atoms with Crippen molar-refractivity contribution in [3.8, 4) is 0 Å². The second-order valence-electron chi connectivity index (χ2n) is 5.30. The number of hydrogen-bond acceptors (Lipinski definition) is 3. The number of hydrogen-bond donors (Lipinski definition) is 1. The van der Waals surface area contributed by atoms with Crippen molar-refractivity contribution in [3.05, 3.63) is 29.8 Å². The first-order valence-electron chi connectivity index (χ1n) is 7.37. The van der Waals surface area contributed by atoms with E-state index in [2.05, 4.69) is 5.32 Å². The summed E-state index contributed by atoms with van der Waals surface area (Å²) in [7, 11) is 0. The van der Waals surface area contributed by atoms with Crippen LogP contribution in [0.2, 0.25) is 0 Å². The first kappa shape index (κ1) is 15.5. The second kappa shape index (κ2) is 7.22. The van der Waals surface area contributed by atoms with Gasteiger partial charge >= 0.3 is 0 Å². The zero-order valence-corrected chi connectivity index (χ0v) is 12.6. The summed E-state index contributed by atoms with van der Waals surface area (Å²) >= 11 is 0. The molecule has 2 rings (SSSR count). The molecule has 1 aromatic rings. The topological polar surface area (TPSA) is 58.6 Å². The first-order valence-corrected chi connectivity index (χ1v) is 7.37. The predicted molar refractivity (Wildman–Crippen MR) is 81.0 cm³/mol. The lowest BCUT2D eigenvalue weighted by Crippen LogP contribution is -2.49. The Morgan fingerprint density at radius 1 is 1.38 bits per heavy atom. The van der Waals surface area contributed by atoms with Crippen LogP contribution < -0.4 is 5.32 Å². The largest absolute Gasteiger partial charge is 0.366 e. The van der Waals surface area contributed by atoms with Crippen LogP contribution in [0.4, 0.5) is 5.69 Å². The molecule has 1 N–H and O–H groups in total. The zero-order valence-electron chi connectivity index (χ0n) is 12.6. The average molecular weight is 290 g/mol. The van der Waals surface area contributed by atoms with Crippen LogP contribution in [-0.4, -0.2) is 42.5 Å². The van der Waals surface area contributed by atoms with Crippen LogP contribution in [0, 0.1) is 6.92 Å². The lowest BCUT2D eigenvalue weighted by atomic mass is 10.1. The third-order valence-corrected chi connectivity index (χ3v) is 3.47. The Bertz CT molecular complexity index is 497. The van der Waals surface area contributed by atoms with Crippen LogP contribution in [0.5, 0.6) is 0 Å². The van der Waals surface area contributed by atoms with Crippen LogP contribution in [0.1, 0.15) is 25.3 Å². The number of nitrogens with one attached hydrogen (secondary N) is 1. The molecule has 1 heterocycles. The average Bonchev–Trinajstić information content (AvgIpc) is 2.46. The zero-order chi connectivity index (χ0) is 15.2. The monoisotopic (exact) mass is 290 g/mol. The van der Waals surface area contributed by atoms with Crippen molar-refractivity contribution in [2.75, 3.05) is 25.0 Å². The summed E-state index contributed by atoms with van der Waals surface area (Å²) in [6.45, 7) is 5.85. The van der Waals surface area contributed by atoms with Gasteiger partial charge in [0.05, 0.1) is 13.0 Å². The molecule has 1 aliphatic heterocycles. The third kappa shape index (κ3) is 4.29. The van der Waals surface area contributed by atoms with Crippen LogP contribution in [0.3, 0.4) is 0 Å². The highest BCUT2D eigenvalue weighted by Crippen LogP contribution is 2.14. The molecule has 1 aliphatic rings. The van der Waals surface area contributed by atoms with Gasteiger partial charge in [0.1, 0.15) is 6.10 Å². The highest BCUT2D eigenvalue weighted by molar-refractivity contribution is 5.95. The second-order valence-corrected chi connectivity index (χ2v) is 5.30. The number of ether oxygens (including phenoxy) is 1. The minimum Gasteiger partial charge on any atom is -0.366 e. The van der Waals surface area contributed by atoms with E-state index in [1.54, 1.807) is 4.90 Å². The van der Waals surface area contributed by atoms with Gasteiger partial charge in [-0.2, -0.15) is 0 Å². The first-order chi connectivity index (χ1) is 10.1. The van der Waals surface area contributed by atoms with Gasteiger partial charge in [-0.3, -0.25) is 9.59 Å². The smallest absolute Gasteiger partial charge is 0.252 e. The van der Waals surface area contributed by atoms with Crippen molar-refractivity contribution in [2.24, 2.45) is 0 Å². The summed E-state index contributed by atoms with van der Waals surface area (Å²) in [4.78, 5) is 26.0. The fraction of sp³-hybridized carbons (Fsp3) is 0.500. The number of carbonyl (C=O) groups excluding carboxylic acids is 2. The molecule has 5 heteroatoms. The summed E-state index contributed by atoms with van der Waals surface area (Å²) in [5, 5.41) is 2.79. The summed E-state index contributed by atoms with van der Waals surface area (Å²) < 4.78 is 5.44. The molecule has 21 heavy (non-hydrogen) atoms. The summed E-state index contributed by atoms with van der Waals surface area (Å²) in [5.41, 5.74) is 1.87. The number of benzene rings is 1. The highest BCUT2D eigenvalue weighted by atomic mass is 16.5. The maximum atomic E-state index is 12.2. The number of carbonyl (C=O) groups is 2. The van der Waals surface area contributed by atoms with Gasteiger partial charge in [-0.15, -0.1) is 0 Å². The maximum absolute atomic E-state index is 12.2. The molecule has 1 saturated heterocycles. The predicted octanol–water partition coefficient (Wildman–Crippen LogP) is 1.96. The number of nitrogens with zero attached hydrogens (tertiary/aromatic N) is 1. The summed E-state index contributed by atoms with van der Waals surface area (Å²) in [6, 6.07) is 7.56. The van der Waals surface area contributed by atoms with Crippen molar-refractivity contribution >= 4 is 17.5 Å². The van der Waals surface area contributed by atoms with E-state index in [9.17, 15) is 9.59 Å². The van der Waals surface area contributed by atoms with Gasteiger partial charge in [-0.1, -0.05) is 24.6 Å². The van der Waals surface area contributed by atoms with Crippen molar-refractivity contribution in [1.29, 1.82) is 0 Å². The Balaban J connectivity index is 1.89. The summed E-state index contributed by atoms with van der Waals surface area (Å²) in [6.07, 6.45) is 0.316. The molecule has 0 aliphatic carbocycles. The molecule has 1 fully saturated rings. The fourth-order valence-electron chi connectivity index (χ4n) is 2.35. The molecule has 5 nitrogen and oxygen atoms in total. The molecule has 1 aromatic carbocycles. The van der Waals surface area contributed by atoms with Crippen molar-refractivity contribution in [3.63, 3.8) is 0 Å². The van der Waals surface area contributed by atoms with Crippen molar-refractivity contribution in [2.45, 2.75) is 32.8 Å². The van der Waals surface area contributed by atoms with Crippen LogP contribution in [0.15, 0.2) is 24.3 Å². The van der Waals surface area contributed by atoms with Gasteiger partial charge in [0.2, 0.25) is 5.91 Å². The lowest BCUT2D eigenvalue weighted by Gasteiger charge is -2.32. The molecule has 0 spiro atoms. The van der Waals surface area contributed by atoms with E-state index in [4.69, 9.17) is 4.74 Å². The van der Waals surface area contributed by atoms with Crippen LogP contribution in [-0.2, 0) is 14.3 Å². The minimum absolute atomic E-state index is 0.0624. The van der Waals surface area contributed by atoms with E-state index in [-0.39, 0.29) is 18.2 Å². The molecule has 1 unspecified atom stereocenters. The van der Waals surface area contributed by atoms with E-state index in [0.717, 1.165) is 24.2 Å². The van der Waals surface area contributed by atoms with Gasteiger partial charge in [-0.25, -0.2) is 0 Å². The molecular formula is C16H22N2O3. The summed E-state index contributed by atoms with van der Waals surface area (Å²) in [5.74, 6) is -0.280. The number of amides is 2. The van der Waals surface area contributed by atoms with E-state index in [1.807, 2.05) is 38.1 Å². The SMILES string of the molecule is CCCN1CCOC(CC(=O)Nc2ccc(C)cc2)C1=O. The lowest BCUT2D eigenvalue weighted by molar-refractivity contribution is -0.155. The van der Waals surface area contributed by atoms with Gasteiger partial charge in [-0.05, 0) is 25.5 Å². The molecule has 114 valence electrons. The van der Waals surface area contributed by atoms with E-state index >= 15 is 0 Å². The Hall–Kier alpha value is -1.88. The number of morpholine rings is 1. The molecule has 0 saturated carbocycles. The molecule has 0 bridgehead atoms. The quantitative estimate of drug-likeness (QED) is 0.902. The highest BCUT2D eigenvalue weighted by Gasteiger charge is 2.30. The molecule has 2 amide bonds.